The Morgan fingerprint density at radius 3 is 2.58 bits per heavy atom. The van der Waals surface area contributed by atoms with E-state index in [-0.39, 0.29) is 30.7 Å². The first-order valence-electron chi connectivity index (χ1n) is 13.2. The van der Waals surface area contributed by atoms with Crippen molar-refractivity contribution in [3.05, 3.63) is 65.4 Å². The molecule has 0 spiro atoms. The fourth-order valence-electron chi connectivity index (χ4n) is 4.57. The summed E-state index contributed by atoms with van der Waals surface area (Å²) in [7, 11) is 0. The van der Waals surface area contributed by atoms with Gasteiger partial charge in [0.1, 0.15) is 10.7 Å². The van der Waals surface area contributed by atoms with Gasteiger partial charge in [0.15, 0.2) is 5.13 Å². The van der Waals surface area contributed by atoms with Crippen molar-refractivity contribution in [1.29, 1.82) is 0 Å². The highest BCUT2D eigenvalue weighted by molar-refractivity contribution is 7.17. The van der Waals surface area contributed by atoms with Gasteiger partial charge in [-0.3, -0.25) is 19.4 Å². The molecule has 2 fully saturated rings. The highest BCUT2D eigenvalue weighted by atomic mass is 32.1. The molecule has 0 unspecified atom stereocenters. The summed E-state index contributed by atoms with van der Waals surface area (Å²) in [5.41, 5.74) is 0.801. The van der Waals surface area contributed by atoms with E-state index in [0.717, 1.165) is 50.6 Å². The van der Waals surface area contributed by atoms with E-state index in [0.29, 0.717) is 16.6 Å². The minimum atomic E-state index is -0.322. The number of carbonyl (C=O) groups is 2. The molecule has 3 aromatic rings. The van der Waals surface area contributed by atoms with E-state index < -0.39 is 0 Å². The number of amides is 2. The number of benzene rings is 1. The first-order chi connectivity index (χ1) is 18.5. The van der Waals surface area contributed by atoms with Gasteiger partial charge in [-0.2, -0.15) is 0 Å². The molecule has 38 heavy (non-hydrogen) atoms. The highest BCUT2D eigenvalue weighted by Crippen LogP contribution is 2.30. The Kier molecular flexibility index (Phi) is 8.77. The fraction of sp³-hybridized carbons (Fsp3) is 0.481. The zero-order chi connectivity index (χ0) is 26.3. The summed E-state index contributed by atoms with van der Waals surface area (Å²) in [5, 5.41) is 3.39. The maximum Gasteiger partial charge on any atom is 0.263 e. The summed E-state index contributed by atoms with van der Waals surface area (Å²) in [4.78, 5) is 41.4. The summed E-state index contributed by atoms with van der Waals surface area (Å²) in [6.07, 6.45) is 10.3. The number of aryl methyl sites for hydroxylation is 1. The van der Waals surface area contributed by atoms with Crippen LogP contribution in [0.1, 0.15) is 34.5 Å². The maximum absolute atomic E-state index is 13.5. The number of carbonyl (C=O) groups excluding carboxylic acids is 2. The molecule has 0 radical (unpaired) electrons. The van der Waals surface area contributed by atoms with Crippen LogP contribution in [0, 0.1) is 11.7 Å². The van der Waals surface area contributed by atoms with E-state index >= 15 is 0 Å². The van der Waals surface area contributed by atoms with Crippen molar-refractivity contribution in [3.63, 3.8) is 0 Å². The van der Waals surface area contributed by atoms with Crippen LogP contribution in [-0.2, 0) is 17.9 Å². The topological polar surface area (TPSA) is 86.6 Å². The first-order valence-corrected chi connectivity index (χ1v) is 14.0. The molecule has 2 aliphatic rings. The van der Waals surface area contributed by atoms with Gasteiger partial charge in [0.2, 0.25) is 5.91 Å². The quantitative estimate of drug-likeness (QED) is 0.356. The predicted molar refractivity (Wildman–Crippen MR) is 144 cm³/mol. The molecule has 0 atom stereocenters. The number of nitrogens with one attached hydrogen (secondary N) is 1. The lowest BCUT2D eigenvalue weighted by molar-refractivity contribution is -0.120. The van der Waals surface area contributed by atoms with Crippen LogP contribution in [0.3, 0.4) is 0 Å². The minimum Gasteiger partial charge on any atom is -0.351 e. The number of thiazole rings is 1. The van der Waals surface area contributed by atoms with Crippen molar-refractivity contribution in [2.45, 2.75) is 32.4 Å². The van der Waals surface area contributed by atoms with Gasteiger partial charge in [-0.1, -0.05) is 23.5 Å². The number of nitrogens with zero attached hydrogens (tertiary/aromatic N) is 6. The molecule has 1 saturated heterocycles. The van der Waals surface area contributed by atoms with Gasteiger partial charge in [-0.05, 0) is 42.9 Å². The molecule has 5 rings (SSSR count). The molecule has 1 N–H and O–H groups in total. The third-order valence-electron chi connectivity index (χ3n) is 6.98. The number of anilines is 1. The average molecular weight is 540 g/mol. The van der Waals surface area contributed by atoms with Crippen LogP contribution in [0.15, 0.2) is 49.2 Å². The molecule has 202 valence electrons. The van der Waals surface area contributed by atoms with E-state index in [2.05, 4.69) is 25.1 Å². The summed E-state index contributed by atoms with van der Waals surface area (Å²) in [5.74, 6) is 0.256. The van der Waals surface area contributed by atoms with E-state index in [1.165, 1.54) is 49.1 Å². The number of imidazole rings is 1. The third-order valence-corrected chi connectivity index (χ3v) is 8.00. The Hall–Kier alpha value is -3.15. The van der Waals surface area contributed by atoms with Crippen LogP contribution in [0.2, 0.25) is 0 Å². The van der Waals surface area contributed by atoms with Crippen LogP contribution >= 0.6 is 11.3 Å². The van der Waals surface area contributed by atoms with Gasteiger partial charge in [0.25, 0.3) is 5.91 Å². The second-order valence-corrected chi connectivity index (χ2v) is 11.1. The Morgan fingerprint density at radius 1 is 1.11 bits per heavy atom. The van der Waals surface area contributed by atoms with Gasteiger partial charge in [-0.25, -0.2) is 14.4 Å². The predicted octanol–water partition coefficient (Wildman–Crippen LogP) is 2.86. The molecule has 3 heterocycles. The largest absolute Gasteiger partial charge is 0.351 e. The van der Waals surface area contributed by atoms with Crippen molar-refractivity contribution >= 4 is 28.3 Å². The molecule has 0 bridgehead atoms. The Balaban J connectivity index is 1.19. The molecule has 9 nitrogen and oxygen atoms in total. The van der Waals surface area contributed by atoms with E-state index in [1.807, 2.05) is 10.8 Å². The van der Waals surface area contributed by atoms with Crippen molar-refractivity contribution in [2.75, 3.05) is 50.7 Å². The van der Waals surface area contributed by atoms with Gasteiger partial charge < -0.3 is 14.8 Å². The van der Waals surface area contributed by atoms with Crippen molar-refractivity contribution in [1.82, 2.24) is 29.7 Å². The lowest BCUT2D eigenvalue weighted by Gasteiger charge is -2.35. The van der Waals surface area contributed by atoms with Crippen LogP contribution in [0.4, 0.5) is 9.52 Å². The van der Waals surface area contributed by atoms with Crippen molar-refractivity contribution < 1.29 is 14.0 Å². The number of rotatable bonds is 12. The normalized spacial score (nSPS) is 16.4. The highest BCUT2D eigenvalue weighted by Gasteiger charge is 2.28. The average Bonchev–Trinajstić information content (AvgIpc) is 3.36. The second kappa shape index (κ2) is 12.6. The summed E-state index contributed by atoms with van der Waals surface area (Å²) < 4.78 is 15.4. The Labute approximate surface area is 226 Å². The van der Waals surface area contributed by atoms with Crippen LogP contribution in [0.25, 0.3) is 0 Å². The summed E-state index contributed by atoms with van der Waals surface area (Å²) >= 11 is 1.20. The third kappa shape index (κ3) is 7.46. The van der Waals surface area contributed by atoms with Crippen molar-refractivity contribution in [2.24, 2.45) is 5.92 Å². The molecular weight excluding hydrogens is 505 g/mol. The zero-order valence-electron chi connectivity index (χ0n) is 21.5. The molecule has 2 aromatic heterocycles. The molecule has 1 aliphatic heterocycles. The second-order valence-electron chi connectivity index (χ2n) is 10.0. The van der Waals surface area contributed by atoms with Gasteiger partial charge in [0, 0.05) is 58.2 Å². The maximum atomic E-state index is 13.5. The molecule has 11 heteroatoms. The SMILES string of the molecule is O=C(NCCCn1ccnc1)c1cnc(N(Cc2ccc(F)cc2)C(=O)CN2CCN(CC3CC3)CC2)s1. The number of halogens is 1. The van der Waals surface area contributed by atoms with Gasteiger partial charge in [-0.15, -0.1) is 0 Å². The molecular formula is C27H34FN7O2S. The number of hydrogen-bond donors (Lipinski definition) is 1. The van der Waals surface area contributed by atoms with Gasteiger partial charge in [0.05, 0.1) is 25.6 Å². The van der Waals surface area contributed by atoms with E-state index in [1.54, 1.807) is 29.6 Å². The number of hydrogen-bond acceptors (Lipinski definition) is 7. The van der Waals surface area contributed by atoms with E-state index in [4.69, 9.17) is 0 Å². The van der Waals surface area contributed by atoms with Gasteiger partial charge >= 0.3 is 0 Å². The Morgan fingerprint density at radius 2 is 1.87 bits per heavy atom. The van der Waals surface area contributed by atoms with Crippen LogP contribution in [0.5, 0.6) is 0 Å². The number of piperazine rings is 1. The van der Waals surface area contributed by atoms with Crippen LogP contribution < -0.4 is 10.2 Å². The van der Waals surface area contributed by atoms with Crippen molar-refractivity contribution in [3.8, 4) is 0 Å². The lowest BCUT2D eigenvalue weighted by Crippen LogP contribution is -2.50. The molecule has 1 aromatic carbocycles. The molecule has 2 amide bonds. The Bertz CT molecular complexity index is 1190. The zero-order valence-corrected chi connectivity index (χ0v) is 22.3. The molecule has 1 aliphatic carbocycles. The standard InChI is InChI=1S/C27H34FN7O2S/c28-23-6-4-22(5-7-23)18-35(25(36)19-33-14-12-32(13-15-33)17-21-2-3-21)27-31-16-24(38-27)26(37)30-8-1-10-34-11-9-29-20-34/h4-7,9,11,16,20-21H,1-3,8,10,12-15,17-19H2,(H,30,37). The monoisotopic (exact) mass is 539 g/mol. The summed E-state index contributed by atoms with van der Waals surface area (Å²) in [6, 6.07) is 6.13. The number of aromatic nitrogens is 3. The lowest BCUT2D eigenvalue weighted by atomic mass is 10.2. The fourth-order valence-corrected chi connectivity index (χ4v) is 5.42. The van der Waals surface area contributed by atoms with Crippen LogP contribution in [-0.4, -0.2) is 82.0 Å². The minimum absolute atomic E-state index is 0.0772. The summed E-state index contributed by atoms with van der Waals surface area (Å²) in [6.45, 7) is 6.67. The molecule has 1 saturated carbocycles. The smallest absolute Gasteiger partial charge is 0.263 e. The van der Waals surface area contributed by atoms with E-state index in [9.17, 15) is 14.0 Å². The first kappa shape index (κ1) is 26.5.